The van der Waals surface area contributed by atoms with E-state index in [2.05, 4.69) is 5.32 Å². The number of carbonyl (C=O) groups is 1. The summed E-state index contributed by atoms with van der Waals surface area (Å²) in [5, 5.41) is 2.85. The summed E-state index contributed by atoms with van der Waals surface area (Å²) in [6.07, 6.45) is 5.33. The summed E-state index contributed by atoms with van der Waals surface area (Å²) < 4.78 is 13.2. The van der Waals surface area contributed by atoms with Gasteiger partial charge in [-0.15, -0.1) is 0 Å². The fraction of sp³-hybridized carbons (Fsp3) is 0.533. The summed E-state index contributed by atoms with van der Waals surface area (Å²) >= 11 is 0. The molecule has 1 aliphatic rings. The lowest BCUT2D eigenvalue weighted by molar-refractivity contribution is 0.0936. The second-order valence-electron chi connectivity index (χ2n) is 5.56. The van der Waals surface area contributed by atoms with Gasteiger partial charge in [0, 0.05) is 17.6 Å². The number of rotatable bonds is 3. The highest BCUT2D eigenvalue weighted by atomic mass is 19.1. The average Bonchev–Trinajstić information content (AvgIpc) is 2.40. The molecule has 2 rings (SSSR count). The van der Waals surface area contributed by atoms with Gasteiger partial charge in [0.25, 0.3) is 5.91 Å². The minimum Gasteiger partial charge on any atom is -0.350 e. The lowest BCUT2D eigenvalue weighted by Crippen LogP contribution is -2.51. The monoisotopic (exact) mass is 264 g/mol. The number of aryl methyl sites for hydroxylation is 1. The van der Waals surface area contributed by atoms with E-state index in [1.54, 1.807) is 13.0 Å². The molecule has 3 N–H and O–H groups in total. The molecule has 104 valence electrons. The molecule has 1 aromatic rings. The van der Waals surface area contributed by atoms with Crippen molar-refractivity contribution in [2.75, 3.05) is 6.54 Å². The van der Waals surface area contributed by atoms with E-state index in [0.29, 0.717) is 12.1 Å². The van der Waals surface area contributed by atoms with Crippen molar-refractivity contribution in [2.24, 2.45) is 5.73 Å². The molecule has 1 fully saturated rings. The van der Waals surface area contributed by atoms with Gasteiger partial charge in [-0.05, 0) is 37.5 Å². The highest BCUT2D eigenvalue weighted by Crippen LogP contribution is 2.25. The first-order valence-electron chi connectivity index (χ1n) is 6.83. The third-order valence-corrected chi connectivity index (χ3v) is 3.89. The molecule has 0 aromatic heterocycles. The van der Waals surface area contributed by atoms with Gasteiger partial charge in [0.1, 0.15) is 5.82 Å². The smallest absolute Gasteiger partial charge is 0.251 e. The normalized spacial score (nSPS) is 18.1. The van der Waals surface area contributed by atoms with Crippen LogP contribution in [0.2, 0.25) is 0 Å². The minimum absolute atomic E-state index is 0.243. The number of benzene rings is 1. The quantitative estimate of drug-likeness (QED) is 0.881. The summed E-state index contributed by atoms with van der Waals surface area (Å²) in [5.41, 5.74) is 7.13. The Morgan fingerprint density at radius 3 is 2.74 bits per heavy atom. The first kappa shape index (κ1) is 14.0. The van der Waals surface area contributed by atoms with Gasteiger partial charge >= 0.3 is 0 Å². The minimum atomic E-state index is -0.393. The summed E-state index contributed by atoms with van der Waals surface area (Å²) in [5.74, 6) is -0.636. The van der Waals surface area contributed by atoms with E-state index in [1.807, 2.05) is 0 Å². The fourth-order valence-corrected chi connectivity index (χ4v) is 2.62. The Balaban J connectivity index is 1.99. The van der Waals surface area contributed by atoms with Crippen molar-refractivity contribution < 1.29 is 9.18 Å². The molecule has 0 atom stereocenters. The molecule has 19 heavy (non-hydrogen) atoms. The maximum atomic E-state index is 13.2. The van der Waals surface area contributed by atoms with Gasteiger partial charge in [0.05, 0.1) is 0 Å². The summed E-state index contributed by atoms with van der Waals surface area (Å²) in [6.45, 7) is 2.26. The highest BCUT2D eigenvalue weighted by Gasteiger charge is 2.28. The van der Waals surface area contributed by atoms with Crippen LogP contribution in [0.1, 0.15) is 48.0 Å². The highest BCUT2D eigenvalue weighted by molar-refractivity contribution is 5.95. The van der Waals surface area contributed by atoms with Crippen LogP contribution in [0.5, 0.6) is 0 Å². The van der Waals surface area contributed by atoms with E-state index in [4.69, 9.17) is 5.73 Å². The molecule has 1 aliphatic carbocycles. The van der Waals surface area contributed by atoms with Gasteiger partial charge in [-0.25, -0.2) is 4.39 Å². The van der Waals surface area contributed by atoms with Crippen LogP contribution >= 0.6 is 0 Å². The summed E-state index contributed by atoms with van der Waals surface area (Å²) in [6, 6.07) is 4.25. The predicted molar refractivity (Wildman–Crippen MR) is 73.5 cm³/mol. The van der Waals surface area contributed by atoms with Gasteiger partial charge < -0.3 is 11.1 Å². The molecule has 0 radical (unpaired) electrons. The summed E-state index contributed by atoms with van der Waals surface area (Å²) in [4.78, 5) is 12.1. The van der Waals surface area contributed by atoms with Gasteiger partial charge in [-0.1, -0.05) is 25.3 Å². The van der Waals surface area contributed by atoms with Crippen molar-refractivity contribution in [3.63, 3.8) is 0 Å². The molecule has 4 heteroatoms. The second kappa shape index (κ2) is 5.70. The number of halogens is 1. The number of hydrogen-bond donors (Lipinski definition) is 2. The zero-order valence-corrected chi connectivity index (χ0v) is 11.3. The molecule has 1 aromatic carbocycles. The molecule has 0 unspecified atom stereocenters. The van der Waals surface area contributed by atoms with Crippen LogP contribution in [-0.4, -0.2) is 18.0 Å². The van der Waals surface area contributed by atoms with Crippen LogP contribution in [0.15, 0.2) is 18.2 Å². The third-order valence-electron chi connectivity index (χ3n) is 3.89. The van der Waals surface area contributed by atoms with Crippen molar-refractivity contribution in [1.29, 1.82) is 0 Å². The fourth-order valence-electron chi connectivity index (χ4n) is 2.62. The van der Waals surface area contributed by atoms with E-state index < -0.39 is 5.82 Å². The van der Waals surface area contributed by atoms with Crippen LogP contribution < -0.4 is 11.1 Å². The van der Waals surface area contributed by atoms with E-state index in [9.17, 15) is 9.18 Å². The van der Waals surface area contributed by atoms with Gasteiger partial charge in [-0.3, -0.25) is 4.79 Å². The molecule has 0 heterocycles. The number of hydrogen-bond acceptors (Lipinski definition) is 2. The molecule has 0 spiro atoms. The van der Waals surface area contributed by atoms with E-state index in [1.165, 1.54) is 18.6 Å². The lowest BCUT2D eigenvalue weighted by Gasteiger charge is -2.33. The van der Waals surface area contributed by atoms with E-state index in [0.717, 1.165) is 31.2 Å². The number of nitrogens with one attached hydrogen (secondary N) is 1. The lowest BCUT2D eigenvalue weighted by atomic mass is 9.82. The predicted octanol–water partition coefficient (Wildman–Crippen LogP) is 2.53. The zero-order chi connectivity index (χ0) is 13.9. The number of nitrogens with two attached hydrogens (primary N) is 1. The van der Waals surface area contributed by atoms with Crippen molar-refractivity contribution in [2.45, 2.75) is 44.6 Å². The Bertz CT molecular complexity index is 467. The molecular weight excluding hydrogens is 243 g/mol. The van der Waals surface area contributed by atoms with Crippen LogP contribution in [0.3, 0.4) is 0 Å². The second-order valence-corrected chi connectivity index (χ2v) is 5.56. The van der Waals surface area contributed by atoms with Gasteiger partial charge in [-0.2, -0.15) is 0 Å². The maximum absolute atomic E-state index is 13.2. The third kappa shape index (κ3) is 3.53. The maximum Gasteiger partial charge on any atom is 0.251 e. The average molecular weight is 264 g/mol. The molecule has 0 aliphatic heterocycles. The molecule has 1 amide bonds. The Kier molecular flexibility index (Phi) is 4.20. The molecule has 0 bridgehead atoms. The van der Waals surface area contributed by atoms with Crippen molar-refractivity contribution in [3.8, 4) is 0 Å². The van der Waals surface area contributed by atoms with E-state index >= 15 is 0 Å². The van der Waals surface area contributed by atoms with Crippen molar-refractivity contribution in [3.05, 3.63) is 35.1 Å². The standard InChI is InChI=1S/C15H21FN2O/c1-11-5-6-12(16)9-13(11)14(19)18-10-15(17)7-3-2-4-8-15/h5-6,9H,2-4,7-8,10,17H2,1H3,(H,18,19). The Labute approximate surface area is 113 Å². The van der Waals surface area contributed by atoms with Crippen LogP contribution in [-0.2, 0) is 0 Å². The Morgan fingerprint density at radius 2 is 2.05 bits per heavy atom. The summed E-state index contributed by atoms with van der Waals surface area (Å²) in [7, 11) is 0. The van der Waals surface area contributed by atoms with Crippen LogP contribution in [0, 0.1) is 12.7 Å². The SMILES string of the molecule is Cc1ccc(F)cc1C(=O)NCC1(N)CCCCC1. The Hall–Kier alpha value is -1.42. The topological polar surface area (TPSA) is 55.1 Å². The van der Waals surface area contributed by atoms with Crippen LogP contribution in [0.4, 0.5) is 4.39 Å². The molecule has 0 saturated heterocycles. The van der Waals surface area contributed by atoms with Crippen molar-refractivity contribution in [1.82, 2.24) is 5.32 Å². The van der Waals surface area contributed by atoms with Crippen LogP contribution in [0.25, 0.3) is 0 Å². The zero-order valence-electron chi connectivity index (χ0n) is 11.3. The van der Waals surface area contributed by atoms with E-state index in [-0.39, 0.29) is 11.4 Å². The van der Waals surface area contributed by atoms with Crippen molar-refractivity contribution >= 4 is 5.91 Å². The van der Waals surface area contributed by atoms with Gasteiger partial charge in [0.2, 0.25) is 0 Å². The molecular formula is C15H21FN2O. The first-order valence-corrected chi connectivity index (χ1v) is 6.83. The molecule has 3 nitrogen and oxygen atoms in total. The molecule has 1 saturated carbocycles. The number of carbonyl (C=O) groups excluding carboxylic acids is 1. The van der Waals surface area contributed by atoms with Gasteiger partial charge in [0.15, 0.2) is 0 Å². The first-order chi connectivity index (χ1) is 9.00. The Morgan fingerprint density at radius 1 is 1.37 bits per heavy atom. The number of amides is 1. The largest absolute Gasteiger partial charge is 0.350 e.